The van der Waals surface area contributed by atoms with E-state index in [0.29, 0.717) is 5.88 Å². The highest BCUT2D eigenvalue weighted by Crippen LogP contribution is 2.18. The molecule has 0 radical (unpaired) electrons. The van der Waals surface area contributed by atoms with Gasteiger partial charge in [0, 0.05) is 23.5 Å². The molecule has 1 nitrogen and oxygen atoms in total. The number of alkyl halides is 1. The molecule has 0 amide bonds. The molecule has 96 valence electrons. The van der Waals surface area contributed by atoms with Gasteiger partial charge in [-0.25, -0.2) is 8.78 Å². The fraction of sp³-hybridized carbons (Fsp3) is 0.538. The first-order chi connectivity index (χ1) is 8.02. The van der Waals surface area contributed by atoms with Crippen LogP contribution in [0.4, 0.5) is 8.78 Å². The zero-order valence-corrected chi connectivity index (χ0v) is 11.0. The molecule has 0 fully saturated rings. The molecule has 0 bridgehead atoms. The van der Waals surface area contributed by atoms with E-state index in [-0.39, 0.29) is 17.6 Å². The fourth-order valence-corrected chi connectivity index (χ4v) is 2.02. The van der Waals surface area contributed by atoms with E-state index < -0.39 is 11.6 Å². The lowest BCUT2D eigenvalue weighted by atomic mass is 9.95. The molecule has 17 heavy (non-hydrogen) atoms. The maximum absolute atomic E-state index is 13.4. The van der Waals surface area contributed by atoms with Gasteiger partial charge in [-0.1, -0.05) is 13.0 Å². The van der Waals surface area contributed by atoms with Crippen LogP contribution < -0.4 is 5.32 Å². The van der Waals surface area contributed by atoms with Crippen molar-refractivity contribution >= 4 is 11.6 Å². The minimum Gasteiger partial charge on any atom is -0.307 e. The van der Waals surface area contributed by atoms with Crippen molar-refractivity contribution < 1.29 is 8.78 Å². The number of hydrogen-bond donors (Lipinski definition) is 1. The number of benzene rings is 1. The Hall–Kier alpha value is -0.670. The normalized spacial score (nSPS) is 14.6. The van der Waals surface area contributed by atoms with Crippen molar-refractivity contribution in [3.63, 3.8) is 0 Å². The summed E-state index contributed by atoms with van der Waals surface area (Å²) in [4.78, 5) is 0. The Morgan fingerprint density at radius 1 is 1.29 bits per heavy atom. The largest absolute Gasteiger partial charge is 0.307 e. The van der Waals surface area contributed by atoms with E-state index in [9.17, 15) is 8.78 Å². The van der Waals surface area contributed by atoms with Gasteiger partial charge in [-0.3, -0.25) is 0 Å². The zero-order valence-electron chi connectivity index (χ0n) is 10.2. The Kier molecular flexibility index (Phi) is 5.34. The minimum absolute atomic E-state index is 0.0850. The third-order valence-corrected chi connectivity index (χ3v) is 3.37. The molecule has 0 saturated carbocycles. The van der Waals surface area contributed by atoms with Gasteiger partial charge in [-0.2, -0.15) is 0 Å². The Bertz CT molecular complexity index is 350. The lowest BCUT2D eigenvalue weighted by Crippen LogP contribution is -2.42. The molecule has 0 saturated heterocycles. The molecule has 1 atom stereocenters. The van der Waals surface area contributed by atoms with Crippen LogP contribution in [0, 0.1) is 11.6 Å². The standard InChI is InChI=1S/C13H18ClF2N/c1-3-13(2,7-8-14)17-9-10-11(15)5-4-6-12(10)16/h4-6,17H,3,7-9H2,1-2H3. The van der Waals surface area contributed by atoms with Gasteiger partial charge in [-0.05, 0) is 31.9 Å². The summed E-state index contributed by atoms with van der Waals surface area (Å²) in [5, 5.41) is 3.18. The molecule has 1 rings (SSSR count). The molecular weight excluding hydrogens is 244 g/mol. The van der Waals surface area contributed by atoms with E-state index >= 15 is 0 Å². The van der Waals surface area contributed by atoms with Crippen LogP contribution in [0.5, 0.6) is 0 Å². The molecule has 0 spiro atoms. The molecule has 1 aromatic carbocycles. The predicted octanol–water partition coefficient (Wildman–Crippen LogP) is 3.85. The monoisotopic (exact) mass is 261 g/mol. The summed E-state index contributed by atoms with van der Waals surface area (Å²) in [5.41, 5.74) is -0.0991. The van der Waals surface area contributed by atoms with Gasteiger partial charge in [-0.15, -0.1) is 11.6 Å². The van der Waals surface area contributed by atoms with Gasteiger partial charge < -0.3 is 5.32 Å². The Morgan fingerprint density at radius 3 is 2.35 bits per heavy atom. The fourth-order valence-electron chi connectivity index (χ4n) is 1.60. The zero-order chi connectivity index (χ0) is 12.9. The summed E-state index contributed by atoms with van der Waals surface area (Å²) in [7, 11) is 0. The van der Waals surface area contributed by atoms with Crippen molar-refractivity contribution in [1.29, 1.82) is 0 Å². The molecule has 0 aliphatic carbocycles. The van der Waals surface area contributed by atoms with E-state index in [4.69, 9.17) is 11.6 Å². The Balaban J connectivity index is 2.72. The summed E-state index contributed by atoms with van der Waals surface area (Å²) in [6, 6.07) is 3.90. The first-order valence-electron chi connectivity index (χ1n) is 5.76. The maximum Gasteiger partial charge on any atom is 0.130 e. The van der Waals surface area contributed by atoms with Crippen LogP contribution in [0.25, 0.3) is 0 Å². The summed E-state index contributed by atoms with van der Waals surface area (Å²) in [6.07, 6.45) is 1.62. The third kappa shape index (κ3) is 3.93. The maximum atomic E-state index is 13.4. The van der Waals surface area contributed by atoms with Gasteiger partial charge in [0.05, 0.1) is 0 Å². The van der Waals surface area contributed by atoms with Gasteiger partial charge in [0.1, 0.15) is 11.6 Å². The second kappa shape index (κ2) is 6.31. The lowest BCUT2D eigenvalue weighted by molar-refractivity contribution is 0.326. The van der Waals surface area contributed by atoms with Gasteiger partial charge in [0.15, 0.2) is 0 Å². The summed E-state index contributed by atoms with van der Waals surface area (Å²) >= 11 is 5.72. The number of nitrogens with one attached hydrogen (secondary N) is 1. The Labute approximate surface area is 106 Å². The first-order valence-corrected chi connectivity index (χ1v) is 6.30. The molecule has 0 heterocycles. The number of halogens is 3. The summed E-state index contributed by atoms with van der Waals surface area (Å²) in [5.74, 6) is -0.500. The van der Waals surface area contributed by atoms with Gasteiger partial charge in [0.25, 0.3) is 0 Å². The average Bonchev–Trinajstić information content (AvgIpc) is 2.29. The lowest BCUT2D eigenvalue weighted by Gasteiger charge is -2.29. The highest BCUT2D eigenvalue weighted by Gasteiger charge is 2.21. The van der Waals surface area contributed by atoms with Crippen LogP contribution in [0.2, 0.25) is 0 Å². The second-order valence-corrected chi connectivity index (χ2v) is 4.78. The number of hydrogen-bond acceptors (Lipinski definition) is 1. The van der Waals surface area contributed by atoms with Crippen molar-refractivity contribution in [2.24, 2.45) is 0 Å². The average molecular weight is 262 g/mol. The van der Waals surface area contributed by atoms with Crippen LogP contribution >= 0.6 is 11.6 Å². The summed E-state index contributed by atoms with van der Waals surface area (Å²) in [6.45, 7) is 4.21. The van der Waals surface area contributed by atoms with Crippen molar-refractivity contribution in [2.75, 3.05) is 5.88 Å². The molecule has 0 aliphatic rings. The topological polar surface area (TPSA) is 12.0 Å². The summed E-state index contributed by atoms with van der Waals surface area (Å²) < 4.78 is 26.8. The minimum atomic E-state index is -0.512. The predicted molar refractivity (Wildman–Crippen MR) is 67.2 cm³/mol. The smallest absolute Gasteiger partial charge is 0.130 e. The van der Waals surface area contributed by atoms with E-state index in [1.54, 1.807) is 0 Å². The third-order valence-electron chi connectivity index (χ3n) is 3.18. The molecule has 0 aromatic heterocycles. The molecule has 4 heteroatoms. The Morgan fingerprint density at radius 2 is 1.88 bits per heavy atom. The van der Waals surface area contributed by atoms with Crippen LogP contribution in [0.3, 0.4) is 0 Å². The molecule has 1 aromatic rings. The van der Waals surface area contributed by atoms with Crippen LogP contribution in [-0.4, -0.2) is 11.4 Å². The quantitative estimate of drug-likeness (QED) is 0.767. The highest BCUT2D eigenvalue weighted by atomic mass is 35.5. The number of rotatable bonds is 6. The first kappa shape index (κ1) is 14.4. The van der Waals surface area contributed by atoms with Crippen molar-refractivity contribution in [1.82, 2.24) is 5.32 Å². The molecule has 1 N–H and O–H groups in total. The molecule has 0 aliphatic heterocycles. The van der Waals surface area contributed by atoms with Crippen LogP contribution in [0.15, 0.2) is 18.2 Å². The van der Waals surface area contributed by atoms with Gasteiger partial charge in [0.2, 0.25) is 0 Å². The van der Waals surface area contributed by atoms with Crippen molar-refractivity contribution in [2.45, 2.75) is 38.8 Å². The molecular formula is C13H18ClF2N. The highest BCUT2D eigenvalue weighted by molar-refractivity contribution is 6.17. The van der Waals surface area contributed by atoms with Crippen LogP contribution in [-0.2, 0) is 6.54 Å². The van der Waals surface area contributed by atoms with Gasteiger partial charge >= 0.3 is 0 Å². The van der Waals surface area contributed by atoms with Crippen LogP contribution in [0.1, 0.15) is 32.3 Å². The van der Waals surface area contributed by atoms with E-state index in [0.717, 1.165) is 12.8 Å². The van der Waals surface area contributed by atoms with Crippen molar-refractivity contribution in [3.05, 3.63) is 35.4 Å². The van der Waals surface area contributed by atoms with E-state index in [2.05, 4.69) is 5.32 Å². The molecule has 1 unspecified atom stereocenters. The SMILES string of the molecule is CCC(C)(CCCl)NCc1c(F)cccc1F. The van der Waals surface area contributed by atoms with E-state index in [1.807, 2.05) is 13.8 Å². The van der Waals surface area contributed by atoms with Crippen molar-refractivity contribution in [3.8, 4) is 0 Å². The second-order valence-electron chi connectivity index (χ2n) is 4.41. The van der Waals surface area contributed by atoms with E-state index in [1.165, 1.54) is 18.2 Å².